The largest absolute Gasteiger partial charge is 0.320 e. The number of rotatable bonds is 2. The quantitative estimate of drug-likeness (QED) is 0.819. The lowest BCUT2D eigenvalue weighted by Gasteiger charge is -2.23. The molecule has 0 saturated carbocycles. The molecule has 0 spiro atoms. The molecule has 20 heavy (non-hydrogen) atoms. The summed E-state index contributed by atoms with van der Waals surface area (Å²) < 4.78 is 1.08. The van der Waals surface area contributed by atoms with Gasteiger partial charge in [0.05, 0.1) is 6.04 Å². The molecule has 0 radical (unpaired) electrons. The fourth-order valence-corrected chi connectivity index (χ4v) is 3.19. The Morgan fingerprint density at radius 3 is 1.95 bits per heavy atom. The van der Waals surface area contributed by atoms with Crippen molar-refractivity contribution in [2.45, 2.75) is 40.7 Å². The van der Waals surface area contributed by atoms with Crippen molar-refractivity contribution in [1.82, 2.24) is 0 Å². The van der Waals surface area contributed by atoms with E-state index in [1.54, 1.807) is 0 Å². The van der Waals surface area contributed by atoms with Gasteiger partial charge in [-0.1, -0.05) is 28.1 Å². The van der Waals surface area contributed by atoms with Crippen LogP contribution < -0.4 is 5.73 Å². The topological polar surface area (TPSA) is 26.0 Å². The SMILES string of the molecule is Cc1ccc(Br)cc1C(N)c1c(C)c(C)cc(C)c1C. The van der Waals surface area contributed by atoms with E-state index in [0.717, 1.165) is 4.47 Å². The summed E-state index contributed by atoms with van der Waals surface area (Å²) in [4.78, 5) is 0. The Bertz CT molecular complexity index is 633. The fraction of sp³-hybridized carbons (Fsp3) is 0.333. The number of nitrogens with two attached hydrogens (primary N) is 1. The fourth-order valence-electron chi connectivity index (χ4n) is 2.82. The lowest BCUT2D eigenvalue weighted by atomic mass is 9.86. The van der Waals surface area contributed by atoms with Gasteiger partial charge in [-0.15, -0.1) is 0 Å². The second-order valence-corrected chi connectivity index (χ2v) is 6.57. The zero-order valence-corrected chi connectivity index (χ0v) is 14.4. The molecule has 2 N–H and O–H groups in total. The summed E-state index contributed by atoms with van der Waals surface area (Å²) in [6, 6.07) is 8.48. The van der Waals surface area contributed by atoms with Crippen molar-refractivity contribution in [2.24, 2.45) is 5.73 Å². The zero-order chi connectivity index (χ0) is 15.0. The second kappa shape index (κ2) is 5.71. The van der Waals surface area contributed by atoms with Gasteiger partial charge in [-0.25, -0.2) is 0 Å². The molecule has 0 aliphatic heterocycles. The third kappa shape index (κ3) is 2.68. The molecular formula is C18H22BrN. The van der Waals surface area contributed by atoms with Crippen LogP contribution in [0.4, 0.5) is 0 Å². The zero-order valence-electron chi connectivity index (χ0n) is 12.8. The van der Waals surface area contributed by atoms with Crippen LogP contribution in [-0.2, 0) is 0 Å². The Labute approximate surface area is 130 Å². The summed E-state index contributed by atoms with van der Waals surface area (Å²) in [7, 11) is 0. The van der Waals surface area contributed by atoms with Crippen molar-refractivity contribution in [2.75, 3.05) is 0 Å². The van der Waals surface area contributed by atoms with Crippen LogP contribution in [0.3, 0.4) is 0 Å². The molecule has 0 aliphatic carbocycles. The Balaban J connectivity index is 2.65. The minimum Gasteiger partial charge on any atom is -0.320 e. The maximum Gasteiger partial charge on any atom is 0.0560 e. The molecule has 1 atom stereocenters. The molecular weight excluding hydrogens is 310 g/mol. The number of halogens is 1. The van der Waals surface area contributed by atoms with Crippen LogP contribution in [0.15, 0.2) is 28.7 Å². The molecule has 2 rings (SSSR count). The first-order valence-corrected chi connectivity index (χ1v) is 7.71. The van der Waals surface area contributed by atoms with Crippen LogP contribution in [0.25, 0.3) is 0 Å². The average molecular weight is 332 g/mol. The lowest BCUT2D eigenvalue weighted by molar-refractivity contribution is 0.836. The van der Waals surface area contributed by atoms with E-state index in [9.17, 15) is 0 Å². The molecule has 0 fully saturated rings. The van der Waals surface area contributed by atoms with Crippen LogP contribution in [0.2, 0.25) is 0 Å². The molecule has 1 nitrogen and oxygen atoms in total. The molecule has 0 aliphatic rings. The van der Waals surface area contributed by atoms with Crippen LogP contribution in [-0.4, -0.2) is 0 Å². The summed E-state index contributed by atoms with van der Waals surface area (Å²) in [5.41, 5.74) is 15.5. The van der Waals surface area contributed by atoms with Gasteiger partial charge in [-0.3, -0.25) is 0 Å². The third-order valence-corrected chi connectivity index (χ3v) is 4.80. The Morgan fingerprint density at radius 1 is 0.850 bits per heavy atom. The first-order chi connectivity index (χ1) is 9.32. The van der Waals surface area contributed by atoms with Crippen molar-refractivity contribution in [3.63, 3.8) is 0 Å². The number of benzene rings is 2. The van der Waals surface area contributed by atoms with E-state index in [1.165, 1.54) is 38.9 Å². The monoisotopic (exact) mass is 331 g/mol. The number of hydrogen-bond donors (Lipinski definition) is 1. The van der Waals surface area contributed by atoms with Gasteiger partial charge in [0.2, 0.25) is 0 Å². The van der Waals surface area contributed by atoms with E-state index in [4.69, 9.17) is 5.73 Å². The Hall–Kier alpha value is -1.12. The number of hydrogen-bond acceptors (Lipinski definition) is 1. The highest BCUT2D eigenvalue weighted by Crippen LogP contribution is 2.32. The summed E-state index contributed by atoms with van der Waals surface area (Å²) >= 11 is 3.55. The minimum absolute atomic E-state index is 0.0777. The predicted octanol–water partition coefficient (Wildman–Crippen LogP) is 5.04. The van der Waals surface area contributed by atoms with Crippen molar-refractivity contribution in [3.8, 4) is 0 Å². The van der Waals surface area contributed by atoms with Gasteiger partial charge < -0.3 is 5.73 Å². The molecule has 2 heteroatoms. The van der Waals surface area contributed by atoms with Crippen LogP contribution in [0.5, 0.6) is 0 Å². The lowest BCUT2D eigenvalue weighted by Crippen LogP contribution is -2.17. The standard InChI is InChI=1S/C18H22BrN/c1-10-6-7-15(19)9-16(10)18(20)17-13(4)11(2)8-12(3)14(17)5/h6-9,18H,20H2,1-5H3. The van der Waals surface area contributed by atoms with Gasteiger partial charge >= 0.3 is 0 Å². The van der Waals surface area contributed by atoms with E-state index < -0.39 is 0 Å². The highest BCUT2D eigenvalue weighted by Gasteiger charge is 2.18. The molecule has 2 aromatic carbocycles. The van der Waals surface area contributed by atoms with E-state index in [2.05, 4.69) is 74.8 Å². The molecule has 2 aromatic rings. The first kappa shape index (κ1) is 15.3. The molecule has 0 amide bonds. The van der Waals surface area contributed by atoms with E-state index in [-0.39, 0.29) is 6.04 Å². The second-order valence-electron chi connectivity index (χ2n) is 5.65. The first-order valence-electron chi connectivity index (χ1n) is 6.92. The molecule has 0 saturated heterocycles. The summed E-state index contributed by atoms with van der Waals surface area (Å²) in [6.45, 7) is 10.8. The van der Waals surface area contributed by atoms with Crippen molar-refractivity contribution in [1.29, 1.82) is 0 Å². The van der Waals surface area contributed by atoms with Gasteiger partial charge in [0, 0.05) is 4.47 Å². The molecule has 0 aromatic heterocycles. The summed E-state index contributed by atoms with van der Waals surface area (Å²) in [5, 5.41) is 0. The Morgan fingerprint density at radius 2 is 1.40 bits per heavy atom. The smallest absolute Gasteiger partial charge is 0.0560 e. The molecule has 0 heterocycles. The Kier molecular flexibility index (Phi) is 4.36. The van der Waals surface area contributed by atoms with Gasteiger partial charge in [-0.2, -0.15) is 0 Å². The van der Waals surface area contributed by atoms with E-state index in [1.807, 2.05) is 0 Å². The van der Waals surface area contributed by atoms with E-state index >= 15 is 0 Å². The average Bonchev–Trinajstić information content (AvgIpc) is 2.39. The van der Waals surface area contributed by atoms with Crippen molar-refractivity contribution < 1.29 is 0 Å². The maximum absolute atomic E-state index is 6.60. The maximum atomic E-state index is 6.60. The normalized spacial score (nSPS) is 12.6. The molecule has 0 bridgehead atoms. The molecule has 106 valence electrons. The minimum atomic E-state index is -0.0777. The highest BCUT2D eigenvalue weighted by atomic mass is 79.9. The van der Waals surface area contributed by atoms with Crippen molar-refractivity contribution >= 4 is 15.9 Å². The molecule has 1 unspecified atom stereocenters. The van der Waals surface area contributed by atoms with Gasteiger partial charge in [-0.05, 0) is 85.7 Å². The highest BCUT2D eigenvalue weighted by molar-refractivity contribution is 9.10. The van der Waals surface area contributed by atoms with Crippen LogP contribution in [0, 0.1) is 34.6 Å². The predicted molar refractivity (Wildman–Crippen MR) is 90.3 cm³/mol. The summed E-state index contributed by atoms with van der Waals surface area (Å²) in [6.07, 6.45) is 0. The van der Waals surface area contributed by atoms with Crippen LogP contribution >= 0.6 is 15.9 Å². The van der Waals surface area contributed by atoms with Gasteiger partial charge in [0.25, 0.3) is 0 Å². The van der Waals surface area contributed by atoms with Crippen LogP contribution in [0.1, 0.15) is 45.0 Å². The van der Waals surface area contributed by atoms with E-state index in [0.29, 0.717) is 0 Å². The third-order valence-electron chi connectivity index (χ3n) is 4.31. The number of aryl methyl sites for hydroxylation is 3. The van der Waals surface area contributed by atoms with Crippen molar-refractivity contribution in [3.05, 3.63) is 67.7 Å². The summed E-state index contributed by atoms with van der Waals surface area (Å²) in [5.74, 6) is 0. The van der Waals surface area contributed by atoms with Gasteiger partial charge in [0.1, 0.15) is 0 Å². The van der Waals surface area contributed by atoms with Gasteiger partial charge in [0.15, 0.2) is 0 Å².